The zero-order chi connectivity index (χ0) is 14.2. The van der Waals surface area contributed by atoms with Gasteiger partial charge in [0.05, 0.1) is 13.2 Å². The summed E-state index contributed by atoms with van der Waals surface area (Å²) < 4.78 is 17.7. The maximum absolute atomic E-state index is 6.21. The summed E-state index contributed by atoms with van der Waals surface area (Å²) in [6.45, 7) is 5.53. The average Bonchev–Trinajstić information content (AvgIpc) is 2.87. The van der Waals surface area contributed by atoms with Gasteiger partial charge in [0, 0.05) is 18.9 Å². The SMILES string of the molecule is Cc1ccc(OC2CC3(CCC2N)OCCO3)cc1C. The zero-order valence-corrected chi connectivity index (χ0v) is 12.2. The number of hydrogen-bond acceptors (Lipinski definition) is 4. The normalized spacial score (nSPS) is 28.8. The summed E-state index contributed by atoms with van der Waals surface area (Å²) in [7, 11) is 0. The highest BCUT2D eigenvalue weighted by molar-refractivity contribution is 5.34. The predicted molar refractivity (Wildman–Crippen MR) is 76.8 cm³/mol. The number of nitrogens with two attached hydrogens (primary N) is 1. The molecule has 1 aliphatic carbocycles. The van der Waals surface area contributed by atoms with E-state index in [2.05, 4.69) is 26.0 Å². The van der Waals surface area contributed by atoms with Gasteiger partial charge in [-0.1, -0.05) is 6.07 Å². The lowest BCUT2D eigenvalue weighted by molar-refractivity contribution is -0.195. The minimum Gasteiger partial charge on any atom is -0.489 e. The molecule has 1 aromatic carbocycles. The highest BCUT2D eigenvalue weighted by Crippen LogP contribution is 2.37. The van der Waals surface area contributed by atoms with E-state index in [-0.39, 0.29) is 12.1 Å². The summed E-state index contributed by atoms with van der Waals surface area (Å²) in [4.78, 5) is 0. The first-order valence-electron chi connectivity index (χ1n) is 7.35. The van der Waals surface area contributed by atoms with Crippen molar-refractivity contribution in [2.45, 2.75) is 51.0 Å². The van der Waals surface area contributed by atoms with E-state index in [1.807, 2.05) is 6.07 Å². The Morgan fingerprint density at radius 2 is 1.95 bits per heavy atom. The molecule has 1 heterocycles. The van der Waals surface area contributed by atoms with Crippen LogP contribution in [0.3, 0.4) is 0 Å². The Labute approximate surface area is 120 Å². The Morgan fingerprint density at radius 3 is 2.65 bits per heavy atom. The molecular formula is C16H23NO3. The summed E-state index contributed by atoms with van der Waals surface area (Å²) in [5.74, 6) is 0.420. The smallest absolute Gasteiger partial charge is 0.172 e. The van der Waals surface area contributed by atoms with Gasteiger partial charge >= 0.3 is 0 Å². The molecule has 0 aromatic heterocycles. The van der Waals surface area contributed by atoms with Crippen LogP contribution in [0.25, 0.3) is 0 Å². The molecule has 2 fully saturated rings. The lowest BCUT2D eigenvalue weighted by Crippen LogP contribution is -2.51. The molecular weight excluding hydrogens is 254 g/mol. The maximum atomic E-state index is 6.21. The molecule has 4 nitrogen and oxygen atoms in total. The van der Waals surface area contributed by atoms with E-state index >= 15 is 0 Å². The Kier molecular flexibility index (Phi) is 3.71. The molecule has 1 aliphatic heterocycles. The van der Waals surface area contributed by atoms with Gasteiger partial charge in [0.2, 0.25) is 0 Å². The van der Waals surface area contributed by atoms with Gasteiger partial charge in [-0.25, -0.2) is 0 Å². The third-order valence-electron chi connectivity index (χ3n) is 4.43. The van der Waals surface area contributed by atoms with Crippen molar-refractivity contribution in [2.75, 3.05) is 13.2 Å². The van der Waals surface area contributed by atoms with Gasteiger partial charge < -0.3 is 19.9 Å². The summed E-state index contributed by atoms with van der Waals surface area (Å²) in [5, 5.41) is 0. The molecule has 20 heavy (non-hydrogen) atoms. The van der Waals surface area contributed by atoms with Crippen molar-refractivity contribution < 1.29 is 14.2 Å². The summed E-state index contributed by atoms with van der Waals surface area (Å²) in [5.41, 5.74) is 8.71. The standard InChI is InChI=1S/C16H23NO3/c1-11-3-4-13(9-12(11)2)20-15-10-16(6-5-14(15)17)18-7-8-19-16/h3-4,9,14-15H,5-8,10,17H2,1-2H3. The van der Waals surface area contributed by atoms with Gasteiger partial charge in [0.25, 0.3) is 0 Å². The molecule has 1 aromatic rings. The fourth-order valence-corrected chi connectivity index (χ4v) is 2.98. The molecule has 2 aliphatic rings. The molecule has 110 valence electrons. The number of ether oxygens (including phenoxy) is 3. The van der Waals surface area contributed by atoms with Crippen molar-refractivity contribution >= 4 is 0 Å². The van der Waals surface area contributed by atoms with Gasteiger partial charge in [0.1, 0.15) is 11.9 Å². The van der Waals surface area contributed by atoms with Crippen LogP contribution < -0.4 is 10.5 Å². The van der Waals surface area contributed by atoms with Crippen molar-refractivity contribution in [3.8, 4) is 5.75 Å². The largest absolute Gasteiger partial charge is 0.489 e. The fourth-order valence-electron chi connectivity index (χ4n) is 2.98. The van der Waals surface area contributed by atoms with E-state index < -0.39 is 5.79 Å². The third kappa shape index (κ3) is 2.68. The monoisotopic (exact) mass is 277 g/mol. The van der Waals surface area contributed by atoms with E-state index in [1.165, 1.54) is 11.1 Å². The Morgan fingerprint density at radius 1 is 1.20 bits per heavy atom. The van der Waals surface area contributed by atoms with E-state index in [4.69, 9.17) is 19.9 Å². The minimum absolute atomic E-state index is 0.0371. The molecule has 0 bridgehead atoms. The molecule has 0 amide bonds. The molecule has 4 heteroatoms. The maximum Gasteiger partial charge on any atom is 0.172 e. The van der Waals surface area contributed by atoms with Gasteiger partial charge in [-0.05, 0) is 43.5 Å². The van der Waals surface area contributed by atoms with Gasteiger partial charge in [-0.3, -0.25) is 0 Å². The first kappa shape index (κ1) is 13.9. The van der Waals surface area contributed by atoms with Crippen LogP contribution in [0.1, 0.15) is 30.4 Å². The van der Waals surface area contributed by atoms with Crippen molar-refractivity contribution in [2.24, 2.45) is 5.73 Å². The molecule has 2 N–H and O–H groups in total. The predicted octanol–water partition coefficient (Wildman–Crippen LogP) is 2.31. The van der Waals surface area contributed by atoms with Crippen LogP contribution in [0.15, 0.2) is 18.2 Å². The molecule has 1 saturated heterocycles. The van der Waals surface area contributed by atoms with Crippen LogP contribution in [-0.4, -0.2) is 31.1 Å². The second-order valence-electron chi connectivity index (χ2n) is 5.92. The van der Waals surface area contributed by atoms with E-state index in [9.17, 15) is 0 Å². The first-order valence-corrected chi connectivity index (χ1v) is 7.35. The average molecular weight is 277 g/mol. The summed E-state index contributed by atoms with van der Waals surface area (Å²) >= 11 is 0. The molecule has 0 radical (unpaired) electrons. The van der Waals surface area contributed by atoms with E-state index in [1.54, 1.807) is 0 Å². The highest BCUT2D eigenvalue weighted by Gasteiger charge is 2.45. The topological polar surface area (TPSA) is 53.7 Å². The van der Waals surface area contributed by atoms with Gasteiger partial charge in [-0.2, -0.15) is 0 Å². The lowest BCUT2D eigenvalue weighted by Gasteiger charge is -2.39. The van der Waals surface area contributed by atoms with Crippen molar-refractivity contribution in [3.05, 3.63) is 29.3 Å². The quantitative estimate of drug-likeness (QED) is 0.901. The second-order valence-corrected chi connectivity index (χ2v) is 5.92. The summed E-state index contributed by atoms with van der Waals surface area (Å²) in [6.07, 6.45) is 2.39. The first-order chi connectivity index (χ1) is 9.58. The highest BCUT2D eigenvalue weighted by atomic mass is 16.7. The fraction of sp³-hybridized carbons (Fsp3) is 0.625. The van der Waals surface area contributed by atoms with Crippen LogP contribution in [0, 0.1) is 13.8 Å². The molecule has 2 atom stereocenters. The summed E-state index contributed by atoms with van der Waals surface area (Å²) in [6, 6.07) is 6.19. The Balaban J connectivity index is 1.72. The van der Waals surface area contributed by atoms with Crippen LogP contribution in [0.5, 0.6) is 5.75 Å². The van der Waals surface area contributed by atoms with Crippen molar-refractivity contribution in [1.82, 2.24) is 0 Å². The van der Waals surface area contributed by atoms with Crippen molar-refractivity contribution in [3.63, 3.8) is 0 Å². The Bertz CT molecular complexity index is 483. The van der Waals surface area contributed by atoms with Crippen LogP contribution in [-0.2, 0) is 9.47 Å². The van der Waals surface area contributed by atoms with Crippen molar-refractivity contribution in [1.29, 1.82) is 0 Å². The number of rotatable bonds is 2. The number of hydrogen-bond donors (Lipinski definition) is 1. The van der Waals surface area contributed by atoms with Crippen LogP contribution in [0.2, 0.25) is 0 Å². The molecule has 2 unspecified atom stereocenters. The second kappa shape index (κ2) is 5.35. The third-order valence-corrected chi connectivity index (χ3v) is 4.43. The Hall–Kier alpha value is -1.10. The van der Waals surface area contributed by atoms with E-state index in [0.29, 0.717) is 19.6 Å². The van der Waals surface area contributed by atoms with Gasteiger partial charge in [-0.15, -0.1) is 0 Å². The molecule has 3 rings (SSSR count). The van der Waals surface area contributed by atoms with E-state index in [0.717, 1.165) is 18.6 Å². The van der Waals surface area contributed by atoms with Gasteiger partial charge in [0.15, 0.2) is 5.79 Å². The number of benzene rings is 1. The number of aryl methyl sites for hydroxylation is 2. The zero-order valence-electron chi connectivity index (χ0n) is 12.2. The lowest BCUT2D eigenvalue weighted by atomic mass is 9.88. The van der Waals surface area contributed by atoms with Crippen LogP contribution >= 0.6 is 0 Å². The molecule has 1 saturated carbocycles. The molecule has 1 spiro atoms. The van der Waals surface area contributed by atoms with Crippen LogP contribution in [0.4, 0.5) is 0 Å². The minimum atomic E-state index is -0.458.